The first-order valence-corrected chi connectivity index (χ1v) is 8.88. The molecule has 3 nitrogen and oxygen atoms in total. The Kier molecular flexibility index (Phi) is 6.24. The molecule has 130 valence electrons. The van der Waals surface area contributed by atoms with Gasteiger partial charge in [0.05, 0.1) is 0 Å². The smallest absolute Gasteiger partial charge is 0.261 e. The highest BCUT2D eigenvalue weighted by atomic mass is 16.5. The largest absolute Gasteiger partial charge is 0.480 e. The van der Waals surface area contributed by atoms with Crippen molar-refractivity contribution in [2.45, 2.75) is 53.2 Å². The number of amides is 1. The second-order valence-corrected chi connectivity index (χ2v) is 7.01. The lowest BCUT2D eigenvalue weighted by Crippen LogP contribution is -2.48. The third kappa shape index (κ3) is 4.28. The molecule has 1 amide bonds. The fourth-order valence-electron chi connectivity index (χ4n) is 3.13. The van der Waals surface area contributed by atoms with E-state index in [4.69, 9.17) is 4.74 Å². The van der Waals surface area contributed by atoms with Gasteiger partial charge in [0.25, 0.3) is 5.91 Å². The van der Waals surface area contributed by atoms with Crippen LogP contribution in [0, 0.1) is 11.8 Å². The zero-order chi connectivity index (χ0) is 17.7. The molecule has 24 heavy (non-hydrogen) atoms. The molecule has 0 radical (unpaired) electrons. The van der Waals surface area contributed by atoms with E-state index >= 15 is 0 Å². The van der Waals surface area contributed by atoms with Crippen LogP contribution in [0.1, 0.15) is 41.0 Å². The summed E-state index contributed by atoms with van der Waals surface area (Å²) in [5.41, 5.74) is 0. The van der Waals surface area contributed by atoms with Gasteiger partial charge in [0.2, 0.25) is 0 Å². The van der Waals surface area contributed by atoms with Gasteiger partial charge in [0.1, 0.15) is 5.75 Å². The molecule has 1 atom stereocenters. The molecular weight excluding hydrogens is 298 g/mol. The SMILES string of the molecule is CC[C@H](Oc1cccc2ccccc12)C(=O)NC(C(C)C)C(C)C. The Labute approximate surface area is 145 Å². The quantitative estimate of drug-likeness (QED) is 0.793. The van der Waals surface area contributed by atoms with Gasteiger partial charge in [-0.15, -0.1) is 0 Å². The molecule has 2 aromatic rings. The van der Waals surface area contributed by atoms with E-state index in [1.807, 2.05) is 37.3 Å². The van der Waals surface area contributed by atoms with Crippen LogP contribution in [0.2, 0.25) is 0 Å². The van der Waals surface area contributed by atoms with E-state index in [1.54, 1.807) is 0 Å². The first-order chi connectivity index (χ1) is 11.4. The highest BCUT2D eigenvalue weighted by molar-refractivity contribution is 5.89. The van der Waals surface area contributed by atoms with Crippen molar-refractivity contribution < 1.29 is 9.53 Å². The Morgan fingerprint density at radius 2 is 1.62 bits per heavy atom. The van der Waals surface area contributed by atoms with Crippen molar-refractivity contribution in [3.8, 4) is 5.75 Å². The molecular formula is C21H29NO2. The number of hydrogen-bond acceptors (Lipinski definition) is 2. The summed E-state index contributed by atoms with van der Waals surface area (Å²) >= 11 is 0. The average Bonchev–Trinajstić information content (AvgIpc) is 2.56. The summed E-state index contributed by atoms with van der Waals surface area (Å²) in [6, 6.07) is 14.2. The number of carbonyl (C=O) groups excluding carboxylic acids is 1. The Morgan fingerprint density at radius 1 is 1.00 bits per heavy atom. The summed E-state index contributed by atoms with van der Waals surface area (Å²) in [6.07, 6.45) is 0.161. The van der Waals surface area contributed by atoms with Crippen LogP contribution in [0.5, 0.6) is 5.75 Å². The lowest BCUT2D eigenvalue weighted by molar-refractivity contribution is -0.129. The van der Waals surface area contributed by atoms with Crippen LogP contribution in [-0.2, 0) is 4.79 Å². The number of ether oxygens (including phenoxy) is 1. The highest BCUT2D eigenvalue weighted by Gasteiger charge is 2.25. The maximum atomic E-state index is 12.7. The molecule has 0 aliphatic heterocycles. The zero-order valence-electron chi connectivity index (χ0n) is 15.4. The second-order valence-electron chi connectivity index (χ2n) is 7.01. The molecule has 0 fully saturated rings. The average molecular weight is 327 g/mol. The number of carbonyl (C=O) groups is 1. The van der Waals surface area contributed by atoms with Crippen LogP contribution in [-0.4, -0.2) is 18.1 Å². The van der Waals surface area contributed by atoms with Gasteiger partial charge in [-0.05, 0) is 29.7 Å². The lowest BCUT2D eigenvalue weighted by Gasteiger charge is -2.28. The molecule has 2 aromatic carbocycles. The first-order valence-electron chi connectivity index (χ1n) is 8.88. The number of rotatable bonds is 7. The van der Waals surface area contributed by atoms with Crippen LogP contribution in [0.4, 0.5) is 0 Å². The molecule has 0 aliphatic carbocycles. The number of nitrogens with one attached hydrogen (secondary N) is 1. The third-order valence-corrected chi connectivity index (χ3v) is 4.43. The summed E-state index contributed by atoms with van der Waals surface area (Å²) in [4.78, 5) is 12.7. The summed E-state index contributed by atoms with van der Waals surface area (Å²) in [6.45, 7) is 10.5. The first kappa shape index (κ1) is 18.3. The van der Waals surface area contributed by atoms with Crippen molar-refractivity contribution in [3.63, 3.8) is 0 Å². The van der Waals surface area contributed by atoms with Crippen molar-refractivity contribution in [2.75, 3.05) is 0 Å². The van der Waals surface area contributed by atoms with Crippen LogP contribution >= 0.6 is 0 Å². The van der Waals surface area contributed by atoms with Gasteiger partial charge < -0.3 is 10.1 Å². The van der Waals surface area contributed by atoms with Gasteiger partial charge >= 0.3 is 0 Å². The number of hydrogen-bond donors (Lipinski definition) is 1. The van der Waals surface area contributed by atoms with Gasteiger partial charge in [0, 0.05) is 11.4 Å². The minimum absolute atomic E-state index is 0.0298. The van der Waals surface area contributed by atoms with Crippen molar-refractivity contribution >= 4 is 16.7 Å². The topological polar surface area (TPSA) is 38.3 Å². The minimum Gasteiger partial charge on any atom is -0.480 e. The van der Waals surface area contributed by atoms with Crippen molar-refractivity contribution in [2.24, 2.45) is 11.8 Å². The molecule has 0 unspecified atom stereocenters. The molecule has 3 heteroatoms. The van der Waals surface area contributed by atoms with E-state index < -0.39 is 6.10 Å². The Morgan fingerprint density at radius 3 is 2.25 bits per heavy atom. The van der Waals surface area contributed by atoms with E-state index in [0.29, 0.717) is 18.3 Å². The van der Waals surface area contributed by atoms with E-state index in [0.717, 1.165) is 16.5 Å². The van der Waals surface area contributed by atoms with Crippen molar-refractivity contribution in [1.82, 2.24) is 5.32 Å². The van der Waals surface area contributed by atoms with E-state index in [1.165, 1.54) is 0 Å². The van der Waals surface area contributed by atoms with Crippen molar-refractivity contribution in [3.05, 3.63) is 42.5 Å². The van der Waals surface area contributed by atoms with Crippen LogP contribution in [0.15, 0.2) is 42.5 Å². The van der Waals surface area contributed by atoms with Gasteiger partial charge in [-0.1, -0.05) is 71.0 Å². The lowest BCUT2D eigenvalue weighted by atomic mass is 9.93. The molecule has 0 heterocycles. The monoisotopic (exact) mass is 327 g/mol. The Hall–Kier alpha value is -2.03. The van der Waals surface area contributed by atoms with Gasteiger partial charge in [0.15, 0.2) is 6.10 Å². The zero-order valence-corrected chi connectivity index (χ0v) is 15.4. The number of benzene rings is 2. The summed E-state index contributed by atoms with van der Waals surface area (Å²) in [5, 5.41) is 5.33. The van der Waals surface area contributed by atoms with Gasteiger partial charge in [-0.25, -0.2) is 0 Å². The molecule has 0 aromatic heterocycles. The molecule has 1 N–H and O–H groups in total. The van der Waals surface area contributed by atoms with Gasteiger partial charge in [-0.2, -0.15) is 0 Å². The molecule has 0 saturated heterocycles. The molecule has 0 bridgehead atoms. The molecule has 2 rings (SSSR count). The predicted octanol–water partition coefficient (Wildman–Crippen LogP) is 4.79. The summed E-state index contributed by atoms with van der Waals surface area (Å²) < 4.78 is 6.09. The van der Waals surface area contributed by atoms with E-state index in [2.05, 4.69) is 45.1 Å². The molecule has 0 saturated carbocycles. The van der Waals surface area contributed by atoms with Crippen molar-refractivity contribution in [1.29, 1.82) is 0 Å². The van der Waals surface area contributed by atoms with Crippen LogP contribution in [0.25, 0.3) is 10.8 Å². The maximum absolute atomic E-state index is 12.7. The van der Waals surface area contributed by atoms with E-state index in [9.17, 15) is 4.79 Å². The van der Waals surface area contributed by atoms with Crippen LogP contribution < -0.4 is 10.1 Å². The third-order valence-electron chi connectivity index (χ3n) is 4.43. The standard InChI is InChI=1S/C21H29NO2/c1-6-18(21(23)22-20(14(2)3)15(4)5)24-19-13-9-11-16-10-7-8-12-17(16)19/h7-15,18,20H,6H2,1-5H3,(H,22,23)/t18-/m0/s1. The van der Waals surface area contributed by atoms with E-state index in [-0.39, 0.29) is 11.9 Å². The fraction of sp³-hybridized carbons (Fsp3) is 0.476. The maximum Gasteiger partial charge on any atom is 0.261 e. The Bertz CT molecular complexity index is 665. The second kappa shape index (κ2) is 8.18. The predicted molar refractivity (Wildman–Crippen MR) is 100 cm³/mol. The Balaban J connectivity index is 2.17. The fourth-order valence-corrected chi connectivity index (χ4v) is 3.13. The normalized spacial score (nSPS) is 12.8. The molecule has 0 spiro atoms. The minimum atomic E-state index is -0.476. The number of fused-ring (bicyclic) bond motifs is 1. The highest BCUT2D eigenvalue weighted by Crippen LogP contribution is 2.26. The molecule has 0 aliphatic rings. The van der Waals surface area contributed by atoms with Crippen LogP contribution in [0.3, 0.4) is 0 Å². The summed E-state index contributed by atoms with van der Waals surface area (Å²) in [5.74, 6) is 1.52. The summed E-state index contributed by atoms with van der Waals surface area (Å²) in [7, 11) is 0. The van der Waals surface area contributed by atoms with Gasteiger partial charge in [-0.3, -0.25) is 4.79 Å².